The molecule has 6 N–H and O–H groups in total. The highest BCUT2D eigenvalue weighted by Gasteiger charge is 2.24. The molecule has 0 radical (unpaired) electrons. The van der Waals surface area contributed by atoms with E-state index in [0.29, 0.717) is 70.6 Å². The molecule has 0 saturated heterocycles. The number of anilines is 3. The van der Waals surface area contributed by atoms with Crippen molar-refractivity contribution in [2.24, 2.45) is 0 Å². The molecule has 7 rings (SSSR count). The van der Waals surface area contributed by atoms with E-state index in [9.17, 15) is 0 Å². The van der Waals surface area contributed by atoms with Gasteiger partial charge in [0.2, 0.25) is 0 Å². The van der Waals surface area contributed by atoms with E-state index < -0.39 is 0 Å². The molecule has 228 valence electrons. The van der Waals surface area contributed by atoms with Gasteiger partial charge in [-0.2, -0.15) is 0 Å². The molecule has 45 heavy (non-hydrogen) atoms. The zero-order valence-corrected chi connectivity index (χ0v) is 25.3. The number of nitrogens with zero attached hydrogens (tertiary/aromatic N) is 12. The minimum atomic E-state index is 0.356. The Kier molecular flexibility index (Phi) is 6.91. The van der Waals surface area contributed by atoms with Gasteiger partial charge in [0.15, 0.2) is 34.4 Å². The van der Waals surface area contributed by atoms with Crippen molar-refractivity contribution in [1.82, 2.24) is 58.6 Å². The van der Waals surface area contributed by atoms with Crippen molar-refractivity contribution in [2.75, 3.05) is 17.2 Å². The summed E-state index contributed by atoms with van der Waals surface area (Å²) in [6.45, 7) is 8.27. The molecule has 0 aliphatic rings. The lowest BCUT2D eigenvalue weighted by Gasteiger charge is -2.27. The molecule has 0 bridgehead atoms. The van der Waals surface area contributed by atoms with E-state index in [1.54, 1.807) is 19.0 Å². The first-order valence-corrected chi connectivity index (χ1v) is 14.8. The van der Waals surface area contributed by atoms with Crippen LogP contribution in [0.1, 0.15) is 54.2 Å². The molecule has 0 atom stereocenters. The number of aromatic nitrogens is 12. The normalized spacial score (nSPS) is 11.8. The maximum atomic E-state index is 6.14. The van der Waals surface area contributed by atoms with Gasteiger partial charge in [0.1, 0.15) is 35.5 Å². The molecule has 0 amide bonds. The van der Waals surface area contributed by atoms with Crippen molar-refractivity contribution >= 4 is 50.9 Å². The summed E-state index contributed by atoms with van der Waals surface area (Å²) in [5, 5.41) is 0. The Bertz CT molecular complexity index is 1940. The largest absolute Gasteiger partial charge is 0.382 e. The van der Waals surface area contributed by atoms with Crippen LogP contribution in [0.25, 0.3) is 33.5 Å². The summed E-state index contributed by atoms with van der Waals surface area (Å²) in [4.78, 5) is 39.6. The number of nitrogen functional groups attached to an aromatic ring is 3. The monoisotopic (exact) mass is 603 g/mol. The molecule has 6 aromatic heterocycles. The average molecular weight is 604 g/mol. The number of hydrogen-bond donors (Lipinski definition) is 3. The Hall–Kier alpha value is -5.73. The molecule has 0 aliphatic carbocycles. The minimum absolute atomic E-state index is 0.356. The van der Waals surface area contributed by atoms with Gasteiger partial charge in [-0.05, 0) is 52.6 Å². The first-order valence-electron chi connectivity index (χ1n) is 14.8. The van der Waals surface area contributed by atoms with E-state index in [4.69, 9.17) is 17.2 Å². The van der Waals surface area contributed by atoms with Crippen molar-refractivity contribution in [3.63, 3.8) is 0 Å². The van der Waals surface area contributed by atoms with Crippen LogP contribution in [0.4, 0.5) is 17.5 Å². The van der Waals surface area contributed by atoms with Gasteiger partial charge < -0.3 is 30.9 Å². The van der Waals surface area contributed by atoms with E-state index in [0.717, 1.165) is 19.3 Å². The maximum Gasteiger partial charge on any atom is 0.165 e. The van der Waals surface area contributed by atoms with Gasteiger partial charge in [-0.1, -0.05) is 20.8 Å². The molecular formula is C30H33N15. The third-order valence-corrected chi connectivity index (χ3v) is 8.52. The number of hydrogen-bond acceptors (Lipinski definition) is 12. The quantitative estimate of drug-likeness (QED) is 0.217. The van der Waals surface area contributed by atoms with Gasteiger partial charge in [-0.15, -0.1) is 0 Å². The van der Waals surface area contributed by atoms with Crippen LogP contribution in [-0.2, 0) is 38.9 Å². The Morgan fingerprint density at radius 3 is 0.978 bits per heavy atom. The van der Waals surface area contributed by atoms with E-state index in [2.05, 4.69) is 65.6 Å². The zero-order chi connectivity index (χ0) is 31.2. The van der Waals surface area contributed by atoms with E-state index in [-0.39, 0.29) is 0 Å². The first-order chi connectivity index (χ1) is 21.9. The molecule has 0 spiro atoms. The zero-order valence-electron chi connectivity index (χ0n) is 25.3. The maximum absolute atomic E-state index is 6.14. The molecule has 0 aliphatic heterocycles. The Morgan fingerprint density at radius 1 is 0.422 bits per heavy atom. The third kappa shape index (κ3) is 4.54. The first kappa shape index (κ1) is 28.1. The van der Waals surface area contributed by atoms with Crippen molar-refractivity contribution < 1.29 is 0 Å². The Labute approximate surface area is 257 Å². The van der Waals surface area contributed by atoms with Gasteiger partial charge in [-0.3, -0.25) is 0 Å². The highest BCUT2D eigenvalue weighted by atomic mass is 15.1. The van der Waals surface area contributed by atoms with Crippen LogP contribution in [0.15, 0.2) is 38.0 Å². The van der Waals surface area contributed by atoms with E-state index >= 15 is 0 Å². The summed E-state index contributed by atoms with van der Waals surface area (Å²) in [5.41, 5.74) is 29.7. The average Bonchev–Trinajstić information content (AvgIpc) is 3.77. The lowest BCUT2D eigenvalue weighted by atomic mass is 9.83. The molecule has 0 fully saturated rings. The summed E-state index contributed by atoms with van der Waals surface area (Å²) in [7, 11) is 0. The van der Waals surface area contributed by atoms with Crippen molar-refractivity contribution in [1.29, 1.82) is 0 Å². The van der Waals surface area contributed by atoms with Crippen molar-refractivity contribution in [3.05, 3.63) is 71.3 Å². The summed E-state index contributed by atoms with van der Waals surface area (Å²) >= 11 is 0. The lowest BCUT2D eigenvalue weighted by molar-refractivity contribution is 0.727. The van der Waals surface area contributed by atoms with Crippen LogP contribution >= 0.6 is 0 Å². The van der Waals surface area contributed by atoms with Crippen LogP contribution in [0.2, 0.25) is 0 Å². The molecule has 15 heteroatoms. The fourth-order valence-corrected chi connectivity index (χ4v) is 6.50. The van der Waals surface area contributed by atoms with Crippen LogP contribution in [-0.4, -0.2) is 58.6 Å². The molecule has 0 saturated carbocycles. The van der Waals surface area contributed by atoms with Crippen LogP contribution in [0.5, 0.6) is 0 Å². The van der Waals surface area contributed by atoms with Gasteiger partial charge in [0.25, 0.3) is 0 Å². The second kappa shape index (κ2) is 11.1. The predicted octanol–water partition coefficient (Wildman–Crippen LogP) is 2.68. The fraction of sp³-hybridized carbons (Fsp3) is 0.300. The van der Waals surface area contributed by atoms with Crippen LogP contribution in [0.3, 0.4) is 0 Å². The standard InChI is InChI=1S/C30H33N15/c1-4-16-19(7-43-13-40-22-25(31)34-10-37-28(22)43)17(5-2)21(9-45-15-42-24-27(33)36-12-39-30(24)45)18(6-3)20(16)8-44-14-41-23-26(32)35-11-38-29(23)44/h10-15H,4-9H2,1-3H3,(H2,31,34,37)(H2,32,35,38)(H2,33,36,39). The van der Waals surface area contributed by atoms with Crippen LogP contribution < -0.4 is 17.2 Å². The number of imidazole rings is 3. The van der Waals surface area contributed by atoms with Crippen LogP contribution in [0, 0.1) is 0 Å². The SMILES string of the molecule is CCc1c(Cn2cnc3c(N)ncnc32)c(CC)c(Cn2cnc3c(N)ncnc32)c(CC)c1Cn1cnc2c(N)ncnc21. The Morgan fingerprint density at radius 2 is 0.711 bits per heavy atom. The minimum Gasteiger partial charge on any atom is -0.382 e. The highest BCUT2D eigenvalue weighted by Crippen LogP contribution is 2.34. The lowest BCUT2D eigenvalue weighted by Crippen LogP contribution is -2.18. The summed E-state index contributed by atoms with van der Waals surface area (Å²) in [6, 6.07) is 0. The second-order valence-electron chi connectivity index (χ2n) is 10.8. The van der Waals surface area contributed by atoms with Crippen molar-refractivity contribution in [3.8, 4) is 0 Å². The second-order valence-corrected chi connectivity index (χ2v) is 10.8. The number of rotatable bonds is 9. The van der Waals surface area contributed by atoms with Gasteiger partial charge in [0, 0.05) is 0 Å². The van der Waals surface area contributed by atoms with Crippen molar-refractivity contribution in [2.45, 2.75) is 59.7 Å². The molecule has 6 heterocycles. The smallest absolute Gasteiger partial charge is 0.165 e. The number of fused-ring (bicyclic) bond motifs is 3. The fourth-order valence-electron chi connectivity index (χ4n) is 6.50. The summed E-state index contributed by atoms with van der Waals surface area (Å²) in [5.74, 6) is 1.07. The van der Waals surface area contributed by atoms with Gasteiger partial charge >= 0.3 is 0 Å². The summed E-state index contributed by atoms with van der Waals surface area (Å²) in [6.07, 6.45) is 12.2. The molecule has 15 nitrogen and oxygen atoms in total. The predicted molar refractivity (Wildman–Crippen MR) is 171 cm³/mol. The summed E-state index contributed by atoms with van der Waals surface area (Å²) < 4.78 is 6.13. The topological polar surface area (TPSA) is 209 Å². The molecule has 7 aromatic rings. The molecule has 0 unspecified atom stereocenters. The van der Waals surface area contributed by atoms with Gasteiger partial charge in [0.05, 0.1) is 38.6 Å². The number of benzene rings is 1. The molecule has 1 aromatic carbocycles. The Balaban J connectivity index is 1.47. The third-order valence-electron chi connectivity index (χ3n) is 8.52. The number of nitrogens with two attached hydrogens (primary N) is 3. The van der Waals surface area contributed by atoms with Gasteiger partial charge in [-0.25, -0.2) is 44.9 Å². The van der Waals surface area contributed by atoms with E-state index in [1.165, 1.54) is 52.4 Å². The highest BCUT2D eigenvalue weighted by molar-refractivity contribution is 5.82. The van der Waals surface area contributed by atoms with E-state index in [1.807, 2.05) is 13.7 Å². The molecular weight excluding hydrogens is 570 g/mol.